The van der Waals surface area contributed by atoms with Gasteiger partial charge >= 0.3 is 0 Å². The molecule has 1 aliphatic heterocycles. The van der Waals surface area contributed by atoms with E-state index in [0.29, 0.717) is 41.5 Å². The largest absolute Gasteiger partial charge is 0.497 e. The maximum Gasteiger partial charge on any atom is 0.249 e. The van der Waals surface area contributed by atoms with Crippen molar-refractivity contribution in [2.45, 2.75) is 43.2 Å². The van der Waals surface area contributed by atoms with Crippen molar-refractivity contribution in [3.63, 3.8) is 0 Å². The van der Waals surface area contributed by atoms with Crippen molar-refractivity contribution in [2.24, 2.45) is 5.41 Å². The summed E-state index contributed by atoms with van der Waals surface area (Å²) in [5, 5.41) is 10.3. The smallest absolute Gasteiger partial charge is 0.249 e. The van der Waals surface area contributed by atoms with Gasteiger partial charge in [0.25, 0.3) is 0 Å². The van der Waals surface area contributed by atoms with Crippen LogP contribution in [0.5, 0.6) is 5.75 Å². The second kappa shape index (κ2) is 12.9. The molecule has 1 fully saturated rings. The van der Waals surface area contributed by atoms with Gasteiger partial charge < -0.3 is 9.64 Å². The maximum atomic E-state index is 15.7. The standard InChI is InChI=1S/C27H32ClFN4O3S/c1-36-19-5-6-24-21(16-19)25(22(28)18-31-24)23(29)7-8-27(26(34)32-35)9-13-33(14-10-27)12-3-15-37-20-4-2-11-30-17-20/h2,4-6,11,16-18,23,35H,3,7-10,12-15H2,1H3,(H,32,34). The Kier molecular flexibility index (Phi) is 9.59. The number of methoxy groups -OCH3 is 1. The normalized spacial score (nSPS) is 16.4. The number of pyridine rings is 2. The fourth-order valence-corrected chi connectivity index (χ4v) is 6.07. The minimum absolute atomic E-state index is 0.102. The molecule has 0 radical (unpaired) electrons. The van der Waals surface area contributed by atoms with E-state index in [-0.39, 0.29) is 11.4 Å². The van der Waals surface area contributed by atoms with E-state index >= 15 is 4.39 Å². The number of hydrogen-bond acceptors (Lipinski definition) is 7. The Balaban J connectivity index is 1.36. The third-order valence-corrected chi connectivity index (χ3v) is 8.54. The first-order valence-electron chi connectivity index (χ1n) is 12.4. The zero-order valence-corrected chi connectivity index (χ0v) is 22.4. The van der Waals surface area contributed by atoms with Crippen LogP contribution in [0.3, 0.4) is 0 Å². The summed E-state index contributed by atoms with van der Waals surface area (Å²) in [6.07, 6.45) is 6.23. The average Bonchev–Trinajstić information content (AvgIpc) is 2.94. The molecule has 37 heavy (non-hydrogen) atoms. The first-order chi connectivity index (χ1) is 18.0. The number of nitrogens with zero attached hydrogens (tertiary/aromatic N) is 3. The van der Waals surface area contributed by atoms with Crippen LogP contribution < -0.4 is 10.2 Å². The van der Waals surface area contributed by atoms with E-state index in [4.69, 9.17) is 16.3 Å². The Morgan fingerprint density at radius 2 is 2.14 bits per heavy atom. The number of alkyl halides is 1. The lowest BCUT2D eigenvalue weighted by Crippen LogP contribution is -2.48. The number of benzene rings is 1. The molecule has 1 aromatic carbocycles. The molecule has 7 nitrogen and oxygen atoms in total. The fourth-order valence-electron chi connectivity index (χ4n) is 4.99. The van der Waals surface area contributed by atoms with Gasteiger partial charge in [-0.05, 0) is 87.8 Å². The van der Waals surface area contributed by atoms with Crippen LogP contribution >= 0.6 is 23.4 Å². The molecular weight excluding hydrogens is 515 g/mol. The Bertz CT molecular complexity index is 1190. The molecule has 1 atom stereocenters. The van der Waals surface area contributed by atoms with Gasteiger partial charge in [-0.25, -0.2) is 9.87 Å². The molecule has 4 rings (SSSR count). The number of hydrogen-bond donors (Lipinski definition) is 2. The number of carbonyl (C=O) groups is 1. The van der Waals surface area contributed by atoms with Crippen molar-refractivity contribution in [1.82, 2.24) is 20.3 Å². The number of amides is 1. The van der Waals surface area contributed by atoms with Crippen LogP contribution in [0, 0.1) is 5.41 Å². The SMILES string of the molecule is COc1ccc2ncc(Cl)c(C(F)CCC3(C(=O)NO)CCN(CCCSc4cccnc4)CC3)c2c1. The molecule has 1 unspecified atom stereocenters. The zero-order chi connectivity index (χ0) is 26.3. The monoisotopic (exact) mass is 546 g/mol. The number of rotatable bonds is 11. The zero-order valence-electron chi connectivity index (χ0n) is 20.8. The first-order valence-corrected chi connectivity index (χ1v) is 13.8. The number of aromatic nitrogens is 2. The molecule has 3 heterocycles. The average molecular weight is 547 g/mol. The van der Waals surface area contributed by atoms with Gasteiger partial charge in [-0.1, -0.05) is 11.6 Å². The lowest BCUT2D eigenvalue weighted by molar-refractivity contribution is -0.143. The third kappa shape index (κ3) is 6.71. The van der Waals surface area contributed by atoms with E-state index in [1.807, 2.05) is 17.7 Å². The summed E-state index contributed by atoms with van der Waals surface area (Å²) in [6, 6.07) is 9.26. The highest BCUT2D eigenvalue weighted by Gasteiger charge is 2.41. The Morgan fingerprint density at radius 3 is 2.84 bits per heavy atom. The van der Waals surface area contributed by atoms with Crippen molar-refractivity contribution < 1.29 is 19.1 Å². The third-order valence-electron chi connectivity index (χ3n) is 7.18. The van der Waals surface area contributed by atoms with Gasteiger partial charge in [0.15, 0.2) is 0 Å². The van der Waals surface area contributed by atoms with Crippen LogP contribution in [-0.4, -0.2) is 58.5 Å². The van der Waals surface area contributed by atoms with Crippen LogP contribution in [-0.2, 0) is 4.79 Å². The van der Waals surface area contributed by atoms with Gasteiger partial charge in [-0.2, -0.15) is 0 Å². The molecule has 2 N–H and O–H groups in total. The number of piperidine rings is 1. The lowest BCUT2D eigenvalue weighted by atomic mass is 9.73. The summed E-state index contributed by atoms with van der Waals surface area (Å²) in [5.74, 6) is 1.13. The van der Waals surface area contributed by atoms with Gasteiger partial charge in [0.05, 0.1) is 23.1 Å². The predicted molar refractivity (Wildman–Crippen MR) is 144 cm³/mol. The van der Waals surface area contributed by atoms with Gasteiger partial charge in [0.1, 0.15) is 11.9 Å². The molecule has 1 aliphatic rings. The Hall–Kier alpha value is -2.46. The molecule has 0 aliphatic carbocycles. The molecule has 0 saturated carbocycles. The quantitative estimate of drug-likeness (QED) is 0.135. The summed E-state index contributed by atoms with van der Waals surface area (Å²) in [7, 11) is 1.55. The number of fused-ring (bicyclic) bond motifs is 1. The highest BCUT2D eigenvalue weighted by atomic mass is 35.5. The molecule has 2 aromatic heterocycles. The number of nitrogens with one attached hydrogen (secondary N) is 1. The highest BCUT2D eigenvalue weighted by Crippen LogP contribution is 2.42. The van der Waals surface area contributed by atoms with Crippen molar-refractivity contribution in [3.8, 4) is 5.75 Å². The van der Waals surface area contributed by atoms with Crippen LogP contribution in [0.25, 0.3) is 10.9 Å². The molecule has 3 aromatic rings. The fraction of sp³-hybridized carbons (Fsp3) is 0.444. The van der Waals surface area contributed by atoms with E-state index in [0.717, 1.165) is 36.7 Å². The predicted octanol–water partition coefficient (Wildman–Crippen LogP) is 5.85. The summed E-state index contributed by atoms with van der Waals surface area (Å²) >= 11 is 8.16. The van der Waals surface area contributed by atoms with Gasteiger partial charge in [-0.3, -0.25) is 20.0 Å². The molecule has 1 saturated heterocycles. The van der Waals surface area contributed by atoms with E-state index in [9.17, 15) is 10.0 Å². The Labute approximate surface area is 225 Å². The topological polar surface area (TPSA) is 87.6 Å². The van der Waals surface area contributed by atoms with Crippen molar-refractivity contribution in [3.05, 3.63) is 59.5 Å². The summed E-state index contributed by atoms with van der Waals surface area (Å²) < 4.78 is 21.0. The van der Waals surface area contributed by atoms with Gasteiger partial charge in [-0.15, -0.1) is 11.8 Å². The van der Waals surface area contributed by atoms with E-state index in [1.54, 1.807) is 43.3 Å². The molecule has 0 spiro atoms. The highest BCUT2D eigenvalue weighted by molar-refractivity contribution is 7.99. The molecule has 198 valence electrons. The number of halogens is 2. The maximum absolute atomic E-state index is 15.7. The minimum atomic E-state index is -1.39. The van der Waals surface area contributed by atoms with Crippen LogP contribution in [0.1, 0.15) is 43.8 Å². The molecule has 0 bridgehead atoms. The molecule has 1 amide bonds. The first kappa shape index (κ1) is 27.6. The van der Waals surface area contributed by atoms with Crippen LogP contribution in [0.4, 0.5) is 4.39 Å². The van der Waals surface area contributed by atoms with Gasteiger partial charge in [0.2, 0.25) is 5.91 Å². The number of ether oxygens (including phenoxy) is 1. The van der Waals surface area contributed by atoms with Crippen LogP contribution in [0.2, 0.25) is 5.02 Å². The second-order valence-corrected chi connectivity index (χ2v) is 10.9. The van der Waals surface area contributed by atoms with Crippen molar-refractivity contribution in [1.29, 1.82) is 0 Å². The van der Waals surface area contributed by atoms with Gasteiger partial charge in [0, 0.05) is 34.4 Å². The summed E-state index contributed by atoms with van der Waals surface area (Å²) in [6.45, 7) is 2.37. The number of likely N-dealkylation sites (tertiary alicyclic amines) is 1. The summed E-state index contributed by atoms with van der Waals surface area (Å²) in [4.78, 5) is 24.7. The van der Waals surface area contributed by atoms with E-state index < -0.39 is 17.5 Å². The minimum Gasteiger partial charge on any atom is -0.497 e. The van der Waals surface area contributed by atoms with Crippen molar-refractivity contribution >= 4 is 40.2 Å². The van der Waals surface area contributed by atoms with Crippen LogP contribution in [0.15, 0.2) is 53.8 Å². The summed E-state index contributed by atoms with van der Waals surface area (Å²) in [5.41, 5.74) is 1.99. The van der Waals surface area contributed by atoms with Crippen molar-refractivity contribution in [2.75, 3.05) is 32.5 Å². The van der Waals surface area contributed by atoms with E-state index in [2.05, 4.69) is 20.9 Å². The Morgan fingerprint density at radius 1 is 1.32 bits per heavy atom. The second-order valence-electron chi connectivity index (χ2n) is 9.36. The number of carbonyl (C=O) groups excluding carboxylic acids is 1. The number of thioether (sulfide) groups is 1. The number of hydroxylamine groups is 1. The lowest BCUT2D eigenvalue weighted by Gasteiger charge is -2.40. The molecular formula is C27H32ClFN4O3S. The molecule has 10 heteroatoms. The van der Waals surface area contributed by atoms with E-state index in [1.165, 1.54) is 6.20 Å².